The zero-order valence-corrected chi connectivity index (χ0v) is 7.60. The number of rotatable bonds is 2. The van der Waals surface area contributed by atoms with Crippen molar-refractivity contribution in [3.8, 4) is 0 Å². The number of ether oxygens (including phenoxy) is 1. The second kappa shape index (κ2) is 4.17. The smallest absolute Gasteiger partial charge is 0.396 e. The predicted octanol–water partition coefficient (Wildman–Crippen LogP) is -1.98. The van der Waals surface area contributed by atoms with Crippen molar-refractivity contribution in [3.63, 3.8) is 0 Å². The highest BCUT2D eigenvalue weighted by Crippen LogP contribution is 2.06. The summed E-state index contributed by atoms with van der Waals surface area (Å²) in [5.41, 5.74) is 4.64. The molecule has 2 amide bonds. The van der Waals surface area contributed by atoms with Crippen molar-refractivity contribution in [2.75, 3.05) is 12.4 Å². The molecule has 0 aromatic carbocycles. The maximum atomic E-state index is 11.0. The van der Waals surface area contributed by atoms with Crippen LogP contribution in [-0.2, 0) is 14.3 Å². The number of esters is 1. The Morgan fingerprint density at radius 3 is 2.60 bits per heavy atom. The third-order valence-corrected chi connectivity index (χ3v) is 1.38. The number of carbonyl (C=O) groups excluding carboxylic acids is 3. The van der Waals surface area contributed by atoms with Gasteiger partial charge in [-0.25, -0.2) is 4.79 Å². The molecule has 0 aliphatic heterocycles. The van der Waals surface area contributed by atoms with E-state index in [4.69, 9.17) is 5.73 Å². The standard InChI is InChI=1S/C6H7N5O4/c1-15-6(14)5(13)8-4-2(3(7)12)9-11-10-4/h1H3,(H2,7,12)(H2,8,9,10,11,13). The summed E-state index contributed by atoms with van der Waals surface area (Å²) < 4.78 is 4.14. The number of primary amides is 1. The molecule has 0 atom stereocenters. The van der Waals surface area contributed by atoms with E-state index >= 15 is 0 Å². The maximum Gasteiger partial charge on any atom is 0.396 e. The van der Waals surface area contributed by atoms with E-state index < -0.39 is 17.8 Å². The molecular weight excluding hydrogens is 206 g/mol. The van der Waals surface area contributed by atoms with Crippen molar-refractivity contribution in [1.29, 1.82) is 0 Å². The van der Waals surface area contributed by atoms with Gasteiger partial charge in [0.15, 0.2) is 11.5 Å². The highest BCUT2D eigenvalue weighted by molar-refractivity contribution is 6.37. The Morgan fingerprint density at radius 2 is 2.07 bits per heavy atom. The highest BCUT2D eigenvalue weighted by atomic mass is 16.5. The molecule has 4 N–H and O–H groups in total. The Kier molecular flexibility index (Phi) is 2.96. The van der Waals surface area contributed by atoms with Crippen LogP contribution in [0.4, 0.5) is 5.82 Å². The average molecular weight is 213 g/mol. The number of anilines is 1. The monoisotopic (exact) mass is 213 g/mol. The number of hydrogen-bond donors (Lipinski definition) is 3. The van der Waals surface area contributed by atoms with Gasteiger partial charge >= 0.3 is 11.9 Å². The minimum Gasteiger partial charge on any atom is -0.462 e. The normalized spacial score (nSPS) is 9.40. The number of H-pyrrole nitrogens is 1. The molecule has 0 aliphatic rings. The van der Waals surface area contributed by atoms with E-state index in [-0.39, 0.29) is 11.5 Å². The zero-order valence-electron chi connectivity index (χ0n) is 7.60. The summed E-state index contributed by atoms with van der Waals surface area (Å²) in [5, 5.41) is 10.9. The fourth-order valence-electron chi connectivity index (χ4n) is 0.741. The third-order valence-electron chi connectivity index (χ3n) is 1.38. The first-order chi connectivity index (χ1) is 7.06. The lowest BCUT2D eigenvalue weighted by atomic mass is 10.4. The largest absolute Gasteiger partial charge is 0.462 e. The molecule has 1 aromatic heterocycles. The van der Waals surface area contributed by atoms with Crippen molar-refractivity contribution in [2.24, 2.45) is 5.73 Å². The summed E-state index contributed by atoms with van der Waals surface area (Å²) in [5.74, 6) is -3.30. The quantitative estimate of drug-likeness (QED) is 0.384. The molecule has 0 fully saturated rings. The van der Waals surface area contributed by atoms with Crippen LogP contribution in [0.2, 0.25) is 0 Å². The Labute approximate surface area is 83.0 Å². The summed E-state index contributed by atoms with van der Waals surface area (Å²) in [4.78, 5) is 32.4. The van der Waals surface area contributed by atoms with Crippen molar-refractivity contribution < 1.29 is 19.1 Å². The van der Waals surface area contributed by atoms with Crippen molar-refractivity contribution in [2.45, 2.75) is 0 Å². The molecule has 9 heteroatoms. The van der Waals surface area contributed by atoms with E-state index in [1.807, 2.05) is 5.32 Å². The van der Waals surface area contributed by atoms with Gasteiger partial charge in [0.05, 0.1) is 7.11 Å². The van der Waals surface area contributed by atoms with E-state index in [2.05, 4.69) is 20.1 Å². The number of aromatic amines is 1. The number of carbonyl (C=O) groups is 3. The molecule has 9 nitrogen and oxygen atoms in total. The number of amides is 2. The van der Waals surface area contributed by atoms with Crippen molar-refractivity contribution in [3.05, 3.63) is 5.69 Å². The van der Waals surface area contributed by atoms with Crippen LogP contribution in [0.15, 0.2) is 0 Å². The van der Waals surface area contributed by atoms with Gasteiger partial charge in [-0.15, -0.1) is 10.2 Å². The van der Waals surface area contributed by atoms with Crippen LogP contribution in [-0.4, -0.2) is 40.3 Å². The molecular formula is C6H7N5O4. The lowest BCUT2D eigenvalue weighted by molar-refractivity contribution is -0.150. The lowest BCUT2D eigenvalue weighted by Gasteiger charge is -1.99. The third kappa shape index (κ3) is 2.27. The van der Waals surface area contributed by atoms with E-state index in [1.165, 1.54) is 0 Å². The fraction of sp³-hybridized carbons (Fsp3) is 0.167. The number of nitrogens with one attached hydrogen (secondary N) is 2. The van der Waals surface area contributed by atoms with Gasteiger partial charge in [0.1, 0.15) is 0 Å². The molecule has 0 spiro atoms. The Bertz CT molecular complexity index is 411. The van der Waals surface area contributed by atoms with Crippen LogP contribution < -0.4 is 11.1 Å². The second-order valence-corrected chi connectivity index (χ2v) is 2.33. The van der Waals surface area contributed by atoms with Gasteiger partial charge in [0.25, 0.3) is 5.91 Å². The van der Waals surface area contributed by atoms with Crippen molar-refractivity contribution >= 4 is 23.6 Å². The first-order valence-corrected chi connectivity index (χ1v) is 3.66. The SMILES string of the molecule is COC(=O)C(=O)Nc1n[nH]nc1C(N)=O. The van der Waals surface area contributed by atoms with Gasteiger partial charge in [-0.2, -0.15) is 5.21 Å². The molecule has 0 saturated heterocycles. The van der Waals surface area contributed by atoms with E-state index in [0.29, 0.717) is 0 Å². The topological polar surface area (TPSA) is 140 Å². The van der Waals surface area contributed by atoms with Gasteiger partial charge in [-0.1, -0.05) is 0 Å². The number of nitrogens with two attached hydrogens (primary N) is 1. The molecule has 1 rings (SSSR count). The van der Waals surface area contributed by atoms with Crippen LogP contribution in [0.25, 0.3) is 0 Å². The van der Waals surface area contributed by atoms with Gasteiger partial charge in [0.2, 0.25) is 0 Å². The Hall–Kier alpha value is -2.45. The molecule has 80 valence electrons. The molecule has 0 unspecified atom stereocenters. The predicted molar refractivity (Wildman–Crippen MR) is 45.5 cm³/mol. The maximum absolute atomic E-state index is 11.0. The number of methoxy groups -OCH3 is 1. The lowest BCUT2D eigenvalue weighted by Crippen LogP contribution is -2.25. The molecule has 1 aromatic rings. The summed E-state index contributed by atoms with van der Waals surface area (Å²) in [6.07, 6.45) is 0. The number of nitrogens with zero attached hydrogens (tertiary/aromatic N) is 2. The van der Waals surface area contributed by atoms with E-state index in [0.717, 1.165) is 7.11 Å². The van der Waals surface area contributed by atoms with Crippen LogP contribution >= 0.6 is 0 Å². The first-order valence-electron chi connectivity index (χ1n) is 3.66. The van der Waals surface area contributed by atoms with Gasteiger partial charge in [-0.3, -0.25) is 14.9 Å². The Balaban J connectivity index is 2.81. The molecule has 0 saturated carbocycles. The van der Waals surface area contributed by atoms with E-state index in [9.17, 15) is 14.4 Å². The minimum absolute atomic E-state index is 0.224. The summed E-state index contributed by atoms with van der Waals surface area (Å²) in [7, 11) is 1.04. The van der Waals surface area contributed by atoms with Crippen LogP contribution in [0.3, 0.4) is 0 Å². The van der Waals surface area contributed by atoms with Gasteiger partial charge in [-0.05, 0) is 0 Å². The molecule has 0 aliphatic carbocycles. The number of aromatic nitrogens is 3. The van der Waals surface area contributed by atoms with Crippen LogP contribution in [0.1, 0.15) is 10.5 Å². The summed E-state index contributed by atoms with van der Waals surface area (Å²) in [6, 6.07) is 0. The average Bonchev–Trinajstić information content (AvgIpc) is 2.64. The summed E-state index contributed by atoms with van der Waals surface area (Å²) in [6.45, 7) is 0. The number of hydrogen-bond acceptors (Lipinski definition) is 6. The van der Waals surface area contributed by atoms with Gasteiger partial charge in [0, 0.05) is 0 Å². The Morgan fingerprint density at radius 1 is 1.40 bits per heavy atom. The van der Waals surface area contributed by atoms with Gasteiger partial charge < -0.3 is 10.5 Å². The van der Waals surface area contributed by atoms with Crippen LogP contribution in [0, 0.1) is 0 Å². The molecule has 0 radical (unpaired) electrons. The molecule has 0 bridgehead atoms. The molecule has 1 heterocycles. The van der Waals surface area contributed by atoms with E-state index in [1.54, 1.807) is 0 Å². The minimum atomic E-state index is -1.12. The molecule has 15 heavy (non-hydrogen) atoms. The summed E-state index contributed by atoms with van der Waals surface area (Å²) >= 11 is 0. The fourth-order valence-corrected chi connectivity index (χ4v) is 0.741. The highest BCUT2D eigenvalue weighted by Gasteiger charge is 2.20. The zero-order chi connectivity index (χ0) is 11.4. The van der Waals surface area contributed by atoms with Crippen LogP contribution in [0.5, 0.6) is 0 Å². The first kappa shape index (κ1) is 10.6. The van der Waals surface area contributed by atoms with Crippen molar-refractivity contribution in [1.82, 2.24) is 15.4 Å². The second-order valence-electron chi connectivity index (χ2n) is 2.33.